The molecule has 1 heterocycles. The van der Waals surface area contributed by atoms with Gasteiger partial charge >= 0.3 is 0 Å². The zero-order valence-corrected chi connectivity index (χ0v) is 13.5. The van der Waals surface area contributed by atoms with Crippen LogP contribution in [0.5, 0.6) is 0 Å². The number of amides is 1. The average molecular weight is 309 g/mol. The number of nitrogens with one attached hydrogen (secondary N) is 1. The fourth-order valence-corrected chi connectivity index (χ4v) is 3.17. The number of para-hydroxylation sites is 1. The number of carbonyl (C=O) groups is 1. The second-order valence-electron chi connectivity index (χ2n) is 6.14. The van der Waals surface area contributed by atoms with E-state index in [2.05, 4.69) is 41.4 Å². The van der Waals surface area contributed by atoms with Crippen LogP contribution in [0.4, 0.5) is 11.4 Å². The summed E-state index contributed by atoms with van der Waals surface area (Å²) in [6.07, 6.45) is 1.47. The molecule has 1 aliphatic heterocycles. The standard InChI is InChI=1S/C19H23N3O/c1-14-12-16-4-2-3-5-18(16)22(14)11-10-21-19(23)13-15-6-8-17(20)9-7-15/h2-9,14H,10-13,20H2,1H3,(H,21,23). The van der Waals surface area contributed by atoms with Crippen molar-refractivity contribution in [3.8, 4) is 0 Å². The Morgan fingerprint density at radius 2 is 1.96 bits per heavy atom. The van der Waals surface area contributed by atoms with Crippen LogP contribution in [0, 0.1) is 0 Å². The van der Waals surface area contributed by atoms with Crippen molar-refractivity contribution in [1.29, 1.82) is 0 Å². The lowest BCUT2D eigenvalue weighted by atomic mass is 10.1. The monoisotopic (exact) mass is 309 g/mol. The molecule has 1 aliphatic rings. The molecule has 0 aliphatic carbocycles. The highest BCUT2D eigenvalue weighted by molar-refractivity contribution is 5.78. The number of hydrogen-bond acceptors (Lipinski definition) is 3. The molecule has 1 amide bonds. The maximum atomic E-state index is 12.0. The summed E-state index contributed by atoms with van der Waals surface area (Å²) in [5.41, 5.74) is 10.1. The predicted molar refractivity (Wildman–Crippen MR) is 94.5 cm³/mol. The van der Waals surface area contributed by atoms with Crippen LogP contribution in [0.1, 0.15) is 18.1 Å². The lowest BCUT2D eigenvalue weighted by Crippen LogP contribution is -2.38. The Kier molecular flexibility index (Phi) is 4.51. The average Bonchev–Trinajstić information content (AvgIpc) is 2.86. The molecule has 4 heteroatoms. The van der Waals surface area contributed by atoms with Crippen LogP contribution in [0.3, 0.4) is 0 Å². The van der Waals surface area contributed by atoms with E-state index < -0.39 is 0 Å². The first-order chi connectivity index (χ1) is 11.1. The lowest BCUT2D eigenvalue weighted by Gasteiger charge is -2.25. The number of anilines is 2. The van der Waals surface area contributed by atoms with Crippen LogP contribution < -0.4 is 16.0 Å². The molecule has 0 fully saturated rings. The first-order valence-electron chi connectivity index (χ1n) is 8.09. The topological polar surface area (TPSA) is 58.4 Å². The molecule has 0 aromatic heterocycles. The van der Waals surface area contributed by atoms with Crippen LogP contribution in [-0.4, -0.2) is 25.0 Å². The normalized spacial score (nSPS) is 16.2. The van der Waals surface area contributed by atoms with Crippen molar-refractivity contribution < 1.29 is 4.79 Å². The van der Waals surface area contributed by atoms with Crippen LogP contribution >= 0.6 is 0 Å². The van der Waals surface area contributed by atoms with Gasteiger partial charge in [-0.15, -0.1) is 0 Å². The SMILES string of the molecule is CC1Cc2ccccc2N1CCNC(=O)Cc1ccc(N)cc1. The number of hydrogen-bond donors (Lipinski definition) is 2. The quantitative estimate of drug-likeness (QED) is 0.834. The Bertz CT molecular complexity index is 681. The summed E-state index contributed by atoms with van der Waals surface area (Å²) in [6, 6.07) is 16.4. The van der Waals surface area contributed by atoms with E-state index in [0.29, 0.717) is 19.0 Å². The maximum Gasteiger partial charge on any atom is 0.224 e. The third-order valence-corrected chi connectivity index (χ3v) is 4.37. The molecule has 1 atom stereocenters. The first-order valence-corrected chi connectivity index (χ1v) is 8.09. The second kappa shape index (κ2) is 6.73. The number of fused-ring (bicyclic) bond motifs is 1. The molecule has 0 saturated heterocycles. The minimum absolute atomic E-state index is 0.0508. The number of nitrogens with zero attached hydrogens (tertiary/aromatic N) is 1. The van der Waals surface area contributed by atoms with Crippen molar-refractivity contribution in [2.75, 3.05) is 23.7 Å². The van der Waals surface area contributed by atoms with Gasteiger partial charge in [0.05, 0.1) is 6.42 Å². The van der Waals surface area contributed by atoms with Crippen molar-refractivity contribution in [2.24, 2.45) is 0 Å². The van der Waals surface area contributed by atoms with E-state index in [-0.39, 0.29) is 5.91 Å². The Hall–Kier alpha value is -2.49. The largest absolute Gasteiger partial charge is 0.399 e. The maximum absolute atomic E-state index is 12.0. The highest BCUT2D eigenvalue weighted by Crippen LogP contribution is 2.31. The number of benzene rings is 2. The van der Waals surface area contributed by atoms with Gasteiger partial charge in [0.15, 0.2) is 0 Å². The van der Waals surface area contributed by atoms with Gasteiger partial charge in [-0.1, -0.05) is 30.3 Å². The highest BCUT2D eigenvalue weighted by Gasteiger charge is 2.24. The zero-order chi connectivity index (χ0) is 16.2. The summed E-state index contributed by atoms with van der Waals surface area (Å²) in [4.78, 5) is 14.4. The molecule has 2 aromatic rings. The molecule has 4 nitrogen and oxygen atoms in total. The van der Waals surface area contributed by atoms with Gasteiger partial charge in [-0.2, -0.15) is 0 Å². The van der Waals surface area contributed by atoms with Gasteiger partial charge in [-0.3, -0.25) is 4.79 Å². The Labute approximate surface area is 137 Å². The molecular weight excluding hydrogens is 286 g/mol. The van der Waals surface area contributed by atoms with Crippen molar-refractivity contribution >= 4 is 17.3 Å². The number of rotatable bonds is 5. The van der Waals surface area contributed by atoms with Crippen LogP contribution in [0.25, 0.3) is 0 Å². The van der Waals surface area contributed by atoms with Crippen molar-refractivity contribution in [3.05, 3.63) is 59.7 Å². The zero-order valence-electron chi connectivity index (χ0n) is 13.5. The molecule has 0 saturated carbocycles. The summed E-state index contributed by atoms with van der Waals surface area (Å²) in [5.74, 6) is 0.0508. The summed E-state index contributed by atoms with van der Waals surface area (Å²) in [5, 5.41) is 3.01. The van der Waals surface area contributed by atoms with Gasteiger partial charge in [0.2, 0.25) is 5.91 Å². The van der Waals surface area contributed by atoms with Crippen molar-refractivity contribution in [1.82, 2.24) is 5.32 Å². The minimum atomic E-state index is 0.0508. The van der Waals surface area contributed by atoms with Gasteiger partial charge in [-0.05, 0) is 42.7 Å². The van der Waals surface area contributed by atoms with E-state index in [1.807, 2.05) is 24.3 Å². The van der Waals surface area contributed by atoms with Gasteiger partial charge in [0, 0.05) is 30.5 Å². The highest BCUT2D eigenvalue weighted by atomic mass is 16.1. The number of nitrogen functional groups attached to an aromatic ring is 1. The van der Waals surface area contributed by atoms with Crippen LogP contribution in [0.15, 0.2) is 48.5 Å². The third kappa shape index (κ3) is 3.65. The Morgan fingerprint density at radius 3 is 2.74 bits per heavy atom. The van der Waals surface area contributed by atoms with Crippen molar-refractivity contribution in [3.63, 3.8) is 0 Å². The summed E-state index contributed by atoms with van der Waals surface area (Å²) < 4.78 is 0. The molecule has 120 valence electrons. The van der Waals surface area contributed by atoms with E-state index in [4.69, 9.17) is 5.73 Å². The molecular formula is C19H23N3O. The van der Waals surface area contributed by atoms with E-state index in [0.717, 1.165) is 24.2 Å². The molecule has 3 N–H and O–H groups in total. The van der Waals surface area contributed by atoms with Crippen LogP contribution in [-0.2, 0) is 17.6 Å². The second-order valence-corrected chi connectivity index (χ2v) is 6.14. The first kappa shape index (κ1) is 15.4. The molecule has 1 unspecified atom stereocenters. The lowest BCUT2D eigenvalue weighted by molar-refractivity contribution is -0.120. The van der Waals surface area contributed by atoms with Crippen LogP contribution in [0.2, 0.25) is 0 Å². The summed E-state index contributed by atoms with van der Waals surface area (Å²) in [6.45, 7) is 3.73. The summed E-state index contributed by atoms with van der Waals surface area (Å²) >= 11 is 0. The van der Waals surface area contributed by atoms with E-state index >= 15 is 0 Å². The van der Waals surface area contributed by atoms with E-state index in [1.54, 1.807) is 0 Å². The molecule has 0 spiro atoms. The fourth-order valence-electron chi connectivity index (χ4n) is 3.17. The third-order valence-electron chi connectivity index (χ3n) is 4.37. The Balaban J connectivity index is 1.49. The number of carbonyl (C=O) groups excluding carboxylic acids is 1. The summed E-state index contributed by atoms with van der Waals surface area (Å²) in [7, 11) is 0. The van der Waals surface area contributed by atoms with E-state index in [9.17, 15) is 4.79 Å². The van der Waals surface area contributed by atoms with Gasteiger partial charge < -0.3 is 16.0 Å². The van der Waals surface area contributed by atoms with Gasteiger partial charge in [0.25, 0.3) is 0 Å². The molecule has 0 bridgehead atoms. The van der Waals surface area contributed by atoms with Gasteiger partial charge in [0.1, 0.15) is 0 Å². The molecule has 23 heavy (non-hydrogen) atoms. The van der Waals surface area contributed by atoms with E-state index in [1.165, 1.54) is 11.3 Å². The smallest absolute Gasteiger partial charge is 0.224 e. The molecule has 0 radical (unpaired) electrons. The van der Waals surface area contributed by atoms with Gasteiger partial charge in [-0.25, -0.2) is 0 Å². The number of nitrogens with two attached hydrogens (primary N) is 1. The predicted octanol–water partition coefficient (Wildman–Crippen LogP) is 2.38. The van der Waals surface area contributed by atoms with Crippen molar-refractivity contribution in [2.45, 2.75) is 25.8 Å². The molecule has 3 rings (SSSR count). The molecule has 2 aromatic carbocycles. The minimum Gasteiger partial charge on any atom is -0.399 e. The Morgan fingerprint density at radius 1 is 1.22 bits per heavy atom. The fraction of sp³-hybridized carbons (Fsp3) is 0.316.